The Morgan fingerprint density at radius 1 is 0.788 bits per heavy atom. The third-order valence-electron chi connectivity index (χ3n) is 5.25. The number of carbonyl (C=O) groups excluding carboxylic acids is 2. The van der Waals surface area contributed by atoms with Crippen molar-refractivity contribution in [3.05, 3.63) is 76.3 Å². The molecule has 3 aromatic carbocycles. The minimum absolute atomic E-state index is 0.0182. The first-order chi connectivity index (χ1) is 15.3. The van der Waals surface area contributed by atoms with Crippen LogP contribution in [0, 0.1) is 6.92 Å². The fourth-order valence-electron chi connectivity index (χ4n) is 3.65. The predicted molar refractivity (Wildman–Crippen MR) is 118 cm³/mol. The Hall–Kier alpha value is -3.58. The average molecular weight is 488 g/mol. The normalized spacial score (nSPS) is 13.4. The summed E-state index contributed by atoms with van der Waals surface area (Å²) in [5, 5.41) is 2.75. The van der Waals surface area contributed by atoms with E-state index in [0.717, 1.165) is 18.2 Å². The lowest BCUT2D eigenvalue weighted by atomic mass is 9.82. The maximum atomic E-state index is 13.3. The molecule has 0 saturated heterocycles. The van der Waals surface area contributed by atoms with Gasteiger partial charge in [0.1, 0.15) is 4.90 Å². The minimum Gasteiger partial charge on any atom is -0.397 e. The molecule has 0 heterocycles. The van der Waals surface area contributed by atoms with Crippen LogP contribution in [0.15, 0.2) is 58.3 Å². The lowest BCUT2D eigenvalue weighted by Crippen LogP contribution is -2.25. The van der Waals surface area contributed by atoms with Crippen LogP contribution in [0.1, 0.15) is 37.4 Å². The van der Waals surface area contributed by atoms with Crippen molar-refractivity contribution in [2.45, 2.75) is 16.7 Å². The molecule has 0 fully saturated rings. The molecule has 0 amide bonds. The van der Waals surface area contributed by atoms with E-state index in [2.05, 4.69) is 5.32 Å². The zero-order chi connectivity index (χ0) is 24.3. The van der Waals surface area contributed by atoms with Crippen LogP contribution < -0.4 is 11.1 Å². The van der Waals surface area contributed by atoms with E-state index in [1.165, 1.54) is 24.3 Å². The summed E-state index contributed by atoms with van der Waals surface area (Å²) >= 11 is 0. The lowest BCUT2D eigenvalue weighted by molar-refractivity contribution is 0.0980. The molecule has 0 aliphatic heterocycles. The monoisotopic (exact) mass is 488 g/mol. The molecule has 3 aromatic rings. The van der Waals surface area contributed by atoms with Gasteiger partial charge in [-0.3, -0.25) is 18.7 Å². The number of fused-ring (bicyclic) bond motifs is 2. The number of nitrogen functional groups attached to an aromatic ring is 1. The molecule has 0 aromatic heterocycles. The Balaban J connectivity index is 2.03. The van der Waals surface area contributed by atoms with Gasteiger partial charge in [-0.2, -0.15) is 16.8 Å². The zero-order valence-electron chi connectivity index (χ0n) is 16.9. The summed E-state index contributed by atoms with van der Waals surface area (Å²) in [7, 11) is -9.47. The Kier molecular flexibility index (Phi) is 5.13. The molecule has 0 spiro atoms. The lowest BCUT2D eigenvalue weighted by Gasteiger charge is -2.24. The van der Waals surface area contributed by atoms with E-state index < -0.39 is 52.8 Å². The molecule has 5 N–H and O–H groups in total. The highest BCUT2D eigenvalue weighted by Gasteiger charge is 2.36. The Bertz CT molecular complexity index is 1590. The van der Waals surface area contributed by atoms with Crippen LogP contribution in [0.3, 0.4) is 0 Å². The van der Waals surface area contributed by atoms with Crippen LogP contribution >= 0.6 is 0 Å². The molecule has 4 rings (SSSR count). The number of nitrogens with two attached hydrogens (primary N) is 1. The van der Waals surface area contributed by atoms with E-state index in [9.17, 15) is 35.5 Å². The molecular formula is C21H16N2O8S2. The van der Waals surface area contributed by atoms with Gasteiger partial charge in [-0.15, -0.1) is 0 Å². The van der Waals surface area contributed by atoms with Crippen LogP contribution in [-0.4, -0.2) is 37.5 Å². The summed E-state index contributed by atoms with van der Waals surface area (Å²) in [5.41, 5.74) is 5.15. The molecule has 0 bridgehead atoms. The summed E-state index contributed by atoms with van der Waals surface area (Å²) in [6.45, 7) is 1.59. The average Bonchev–Trinajstić information content (AvgIpc) is 2.72. The maximum absolute atomic E-state index is 13.3. The van der Waals surface area contributed by atoms with Gasteiger partial charge >= 0.3 is 0 Å². The number of benzene rings is 3. The van der Waals surface area contributed by atoms with E-state index in [1.807, 2.05) is 0 Å². The largest absolute Gasteiger partial charge is 0.397 e. The van der Waals surface area contributed by atoms with E-state index in [-0.39, 0.29) is 28.1 Å². The topological polar surface area (TPSA) is 181 Å². The van der Waals surface area contributed by atoms with Gasteiger partial charge in [-0.05, 0) is 30.7 Å². The number of anilines is 3. The van der Waals surface area contributed by atoms with Crippen LogP contribution in [0.25, 0.3) is 0 Å². The molecule has 1 aliphatic rings. The van der Waals surface area contributed by atoms with Crippen molar-refractivity contribution in [2.24, 2.45) is 0 Å². The smallest absolute Gasteiger partial charge is 0.296 e. The molecule has 1 aliphatic carbocycles. The molecule has 0 atom stereocenters. The van der Waals surface area contributed by atoms with Gasteiger partial charge in [-0.1, -0.05) is 30.3 Å². The number of aryl methyl sites for hydroxylation is 1. The second-order valence-electron chi connectivity index (χ2n) is 7.34. The highest BCUT2D eigenvalue weighted by Crippen LogP contribution is 2.40. The van der Waals surface area contributed by atoms with Gasteiger partial charge in [-0.25, -0.2) is 0 Å². The zero-order valence-corrected chi connectivity index (χ0v) is 18.5. The number of hydrogen-bond donors (Lipinski definition) is 4. The number of carbonyl (C=O) groups is 2. The van der Waals surface area contributed by atoms with Crippen molar-refractivity contribution >= 4 is 48.9 Å². The van der Waals surface area contributed by atoms with Crippen LogP contribution in [0.5, 0.6) is 0 Å². The molecule has 0 radical (unpaired) electrons. The van der Waals surface area contributed by atoms with Gasteiger partial charge in [0.2, 0.25) is 0 Å². The second-order valence-corrected chi connectivity index (χ2v) is 10.2. The van der Waals surface area contributed by atoms with Crippen molar-refractivity contribution in [3.8, 4) is 0 Å². The summed E-state index contributed by atoms with van der Waals surface area (Å²) in [6, 6.07) is 10.4. The first kappa shape index (κ1) is 22.6. The van der Waals surface area contributed by atoms with E-state index in [0.29, 0.717) is 5.56 Å². The second kappa shape index (κ2) is 7.49. The minimum atomic E-state index is -4.91. The van der Waals surface area contributed by atoms with Gasteiger partial charge in [0.05, 0.1) is 27.4 Å². The quantitative estimate of drug-likeness (QED) is 0.246. The van der Waals surface area contributed by atoms with Gasteiger partial charge in [0.15, 0.2) is 11.6 Å². The maximum Gasteiger partial charge on any atom is 0.296 e. The number of nitrogens with one attached hydrogen (secondary N) is 1. The Morgan fingerprint density at radius 3 is 1.91 bits per heavy atom. The molecule has 170 valence electrons. The third-order valence-corrected chi connectivity index (χ3v) is 7.00. The van der Waals surface area contributed by atoms with E-state index in [4.69, 9.17) is 5.73 Å². The van der Waals surface area contributed by atoms with Crippen molar-refractivity contribution < 1.29 is 35.5 Å². The SMILES string of the molecule is Cc1ccc(S(=O)(=O)O)cc1Nc1cc(S(=O)(=O)O)c(N)c2c1C(=O)c1ccccc1C2=O. The summed E-state index contributed by atoms with van der Waals surface area (Å²) in [5.74, 6) is -1.34. The molecule has 12 heteroatoms. The Labute approximate surface area is 188 Å². The summed E-state index contributed by atoms with van der Waals surface area (Å²) in [4.78, 5) is 25.2. The number of hydrogen-bond acceptors (Lipinski definition) is 8. The van der Waals surface area contributed by atoms with Gasteiger partial charge in [0.25, 0.3) is 20.2 Å². The Morgan fingerprint density at radius 2 is 1.36 bits per heavy atom. The van der Waals surface area contributed by atoms with Crippen molar-refractivity contribution in [2.75, 3.05) is 11.1 Å². The van der Waals surface area contributed by atoms with Gasteiger partial charge in [0, 0.05) is 16.8 Å². The van der Waals surface area contributed by atoms with Crippen molar-refractivity contribution in [3.63, 3.8) is 0 Å². The predicted octanol–water partition coefficient (Wildman–Crippen LogP) is 2.59. The molecule has 10 nitrogen and oxygen atoms in total. The highest BCUT2D eigenvalue weighted by atomic mass is 32.2. The molecule has 33 heavy (non-hydrogen) atoms. The fourth-order valence-corrected chi connectivity index (χ4v) is 4.80. The van der Waals surface area contributed by atoms with E-state index >= 15 is 0 Å². The molecule has 0 unspecified atom stereocenters. The first-order valence-corrected chi connectivity index (χ1v) is 12.2. The van der Waals surface area contributed by atoms with Crippen molar-refractivity contribution in [1.82, 2.24) is 0 Å². The van der Waals surface area contributed by atoms with Crippen LogP contribution in [0.2, 0.25) is 0 Å². The summed E-state index contributed by atoms with van der Waals surface area (Å²) in [6.07, 6.45) is 0. The van der Waals surface area contributed by atoms with Crippen LogP contribution in [-0.2, 0) is 20.2 Å². The fraction of sp³-hybridized carbons (Fsp3) is 0.0476. The summed E-state index contributed by atoms with van der Waals surface area (Å²) < 4.78 is 66.1. The number of rotatable bonds is 4. The third kappa shape index (κ3) is 3.78. The first-order valence-electron chi connectivity index (χ1n) is 9.28. The van der Waals surface area contributed by atoms with Gasteiger partial charge < -0.3 is 11.1 Å². The standard InChI is InChI=1S/C21H16N2O8S2/c1-10-6-7-11(32(26,27)28)8-14(10)23-15-9-16(33(29,30)31)19(22)18-17(15)20(24)12-4-2-3-5-13(12)21(18)25/h2-9,23H,22H2,1H3,(H,26,27,28)(H,29,30,31). The highest BCUT2D eigenvalue weighted by molar-refractivity contribution is 7.86. The molecular weight excluding hydrogens is 472 g/mol. The van der Waals surface area contributed by atoms with Crippen LogP contribution in [0.4, 0.5) is 17.1 Å². The number of ketones is 2. The van der Waals surface area contributed by atoms with Crippen molar-refractivity contribution in [1.29, 1.82) is 0 Å². The van der Waals surface area contributed by atoms with E-state index in [1.54, 1.807) is 13.0 Å². The molecule has 0 saturated carbocycles.